The van der Waals surface area contributed by atoms with Crippen LogP contribution in [-0.4, -0.2) is 48.1 Å². The third-order valence-corrected chi connectivity index (χ3v) is 1.39. The Morgan fingerprint density at radius 3 is 2.24 bits per heavy atom. The molecule has 0 aromatic carbocycles. The summed E-state index contributed by atoms with van der Waals surface area (Å²) >= 11 is 0. The van der Waals surface area contributed by atoms with Crippen molar-refractivity contribution in [2.24, 2.45) is 10.7 Å². The van der Waals surface area contributed by atoms with E-state index in [0.29, 0.717) is 0 Å². The minimum atomic E-state index is -1.24. The number of primary amides is 1. The van der Waals surface area contributed by atoms with Gasteiger partial charge >= 0.3 is 11.9 Å². The van der Waals surface area contributed by atoms with E-state index in [1.165, 1.54) is 0 Å². The van der Waals surface area contributed by atoms with Crippen molar-refractivity contribution in [3.8, 4) is 0 Å². The number of hydrogen-bond acceptors (Lipinski definition) is 7. The van der Waals surface area contributed by atoms with Gasteiger partial charge in [-0.2, -0.15) is 0 Å². The van der Waals surface area contributed by atoms with E-state index in [1.54, 1.807) is 0 Å². The van der Waals surface area contributed by atoms with Crippen LogP contribution in [-0.2, 0) is 23.9 Å². The molecular weight excluding hydrogens is 232 g/mol. The van der Waals surface area contributed by atoms with Crippen molar-refractivity contribution in [2.45, 2.75) is 20.0 Å². The second kappa shape index (κ2) is 7.34. The Labute approximate surface area is 97.4 Å². The van der Waals surface area contributed by atoms with Gasteiger partial charge in [-0.25, -0.2) is 4.99 Å². The second-order valence-electron chi connectivity index (χ2n) is 3.00. The van der Waals surface area contributed by atoms with Crippen molar-refractivity contribution in [1.82, 2.24) is 0 Å². The lowest BCUT2D eigenvalue weighted by Crippen LogP contribution is -2.34. The van der Waals surface area contributed by atoms with Gasteiger partial charge < -0.3 is 20.3 Å². The Morgan fingerprint density at radius 2 is 1.88 bits per heavy atom. The molecule has 0 radical (unpaired) electrons. The quantitative estimate of drug-likeness (QED) is 0.340. The molecule has 0 fully saturated rings. The molecule has 0 aromatic rings. The van der Waals surface area contributed by atoms with Crippen molar-refractivity contribution in [1.29, 1.82) is 0 Å². The van der Waals surface area contributed by atoms with Crippen molar-refractivity contribution in [3.63, 3.8) is 0 Å². The van der Waals surface area contributed by atoms with Crippen LogP contribution in [0.3, 0.4) is 0 Å². The maximum Gasteiger partial charge on any atom is 0.309 e. The van der Waals surface area contributed by atoms with Gasteiger partial charge in [0.1, 0.15) is 6.54 Å². The molecule has 3 N–H and O–H groups in total. The number of aliphatic hydroxyl groups excluding tert-OH is 1. The number of rotatable bonds is 5. The molecule has 1 amide bonds. The molecule has 0 saturated heterocycles. The smallest absolute Gasteiger partial charge is 0.309 e. The summed E-state index contributed by atoms with van der Waals surface area (Å²) in [6.45, 7) is 1.13. The molecular formula is C9H14N2O6. The highest BCUT2D eigenvalue weighted by Gasteiger charge is 2.21. The molecule has 8 nitrogen and oxygen atoms in total. The molecule has 0 saturated carbocycles. The van der Waals surface area contributed by atoms with E-state index >= 15 is 0 Å². The molecule has 96 valence electrons. The maximum absolute atomic E-state index is 10.8. The van der Waals surface area contributed by atoms with E-state index in [4.69, 9.17) is 10.8 Å². The highest BCUT2D eigenvalue weighted by atomic mass is 16.6. The fourth-order valence-corrected chi connectivity index (χ4v) is 0.869. The van der Waals surface area contributed by atoms with Crippen LogP contribution in [0.2, 0.25) is 0 Å². The maximum atomic E-state index is 10.8. The summed E-state index contributed by atoms with van der Waals surface area (Å²) in [6.07, 6.45) is -1.24. The molecule has 8 heteroatoms. The first-order valence-corrected chi connectivity index (χ1v) is 4.66. The third-order valence-electron chi connectivity index (χ3n) is 1.39. The number of carbonyl (C=O) groups is 3. The SMILES string of the molecule is CC(=O)OC(=NCC(N)=O)C(CO)OC(C)=O. The lowest BCUT2D eigenvalue weighted by molar-refractivity contribution is -0.147. The van der Waals surface area contributed by atoms with Crippen molar-refractivity contribution < 1.29 is 29.0 Å². The topological polar surface area (TPSA) is 128 Å². The number of aliphatic imine (C=N–C) groups is 1. The normalized spacial score (nSPS) is 12.8. The molecule has 0 aliphatic rings. The van der Waals surface area contributed by atoms with Crippen LogP contribution in [0.1, 0.15) is 13.8 Å². The van der Waals surface area contributed by atoms with E-state index in [-0.39, 0.29) is 5.90 Å². The van der Waals surface area contributed by atoms with Crippen LogP contribution in [0.25, 0.3) is 0 Å². The zero-order valence-electron chi connectivity index (χ0n) is 9.50. The summed E-state index contributed by atoms with van der Waals surface area (Å²) in [5.41, 5.74) is 4.86. The second-order valence-corrected chi connectivity index (χ2v) is 3.00. The first kappa shape index (κ1) is 15.0. The summed E-state index contributed by atoms with van der Waals surface area (Å²) in [5.74, 6) is -2.54. The summed E-state index contributed by atoms with van der Waals surface area (Å²) in [4.78, 5) is 35.6. The van der Waals surface area contributed by atoms with Gasteiger partial charge in [0.2, 0.25) is 11.8 Å². The molecule has 0 aliphatic carbocycles. The highest BCUT2D eigenvalue weighted by molar-refractivity contribution is 5.93. The van der Waals surface area contributed by atoms with Gasteiger partial charge in [-0.15, -0.1) is 0 Å². The summed E-state index contributed by atoms with van der Waals surface area (Å²) in [6, 6.07) is 0. The molecule has 0 aliphatic heterocycles. The number of nitrogens with two attached hydrogens (primary N) is 1. The minimum absolute atomic E-state index is 0.367. The van der Waals surface area contributed by atoms with Gasteiger partial charge in [0.25, 0.3) is 0 Å². The lowest BCUT2D eigenvalue weighted by atomic mass is 10.3. The Hall–Kier alpha value is -1.96. The Kier molecular flexibility index (Phi) is 6.49. The Bertz CT molecular complexity index is 338. The molecule has 0 aromatic heterocycles. The summed E-state index contributed by atoms with van der Waals surface area (Å²) in [7, 11) is 0. The van der Waals surface area contributed by atoms with Crippen molar-refractivity contribution in [3.05, 3.63) is 0 Å². The zero-order chi connectivity index (χ0) is 13.4. The predicted octanol–water partition coefficient (Wildman–Crippen LogP) is -1.64. The minimum Gasteiger partial charge on any atom is -0.450 e. The van der Waals surface area contributed by atoms with Crippen LogP contribution in [0.4, 0.5) is 0 Å². The van der Waals surface area contributed by atoms with E-state index < -0.39 is 37.1 Å². The van der Waals surface area contributed by atoms with E-state index in [2.05, 4.69) is 14.5 Å². The van der Waals surface area contributed by atoms with Gasteiger partial charge in [0, 0.05) is 13.8 Å². The molecule has 0 rings (SSSR count). The number of hydrogen-bond donors (Lipinski definition) is 2. The predicted molar refractivity (Wildman–Crippen MR) is 55.9 cm³/mol. The number of carbonyl (C=O) groups excluding carboxylic acids is 3. The van der Waals surface area contributed by atoms with Crippen LogP contribution in [0, 0.1) is 0 Å². The van der Waals surface area contributed by atoms with Crippen LogP contribution >= 0.6 is 0 Å². The van der Waals surface area contributed by atoms with Crippen molar-refractivity contribution >= 4 is 23.7 Å². The fourth-order valence-electron chi connectivity index (χ4n) is 0.869. The van der Waals surface area contributed by atoms with Crippen molar-refractivity contribution in [2.75, 3.05) is 13.2 Å². The van der Waals surface area contributed by atoms with Crippen LogP contribution in [0.15, 0.2) is 4.99 Å². The Balaban J connectivity index is 4.84. The average molecular weight is 246 g/mol. The van der Waals surface area contributed by atoms with Gasteiger partial charge in [-0.05, 0) is 0 Å². The van der Waals surface area contributed by atoms with Gasteiger partial charge in [-0.3, -0.25) is 14.4 Å². The number of nitrogens with zero attached hydrogens (tertiary/aromatic N) is 1. The standard InChI is InChI=1S/C9H14N2O6/c1-5(13)16-7(4-12)9(17-6(2)14)11-3-8(10)15/h7,12H,3-4H2,1-2H3,(H2,10,15). The first-order valence-electron chi connectivity index (χ1n) is 4.66. The summed E-state index contributed by atoms with van der Waals surface area (Å²) in [5, 5.41) is 8.96. The van der Waals surface area contributed by atoms with Crippen LogP contribution < -0.4 is 5.73 Å². The number of aliphatic hydroxyl groups is 1. The lowest BCUT2D eigenvalue weighted by Gasteiger charge is -2.15. The van der Waals surface area contributed by atoms with E-state index in [9.17, 15) is 14.4 Å². The summed E-state index contributed by atoms with van der Waals surface area (Å²) < 4.78 is 9.27. The van der Waals surface area contributed by atoms with E-state index in [0.717, 1.165) is 13.8 Å². The molecule has 0 spiro atoms. The fraction of sp³-hybridized carbons (Fsp3) is 0.556. The van der Waals surface area contributed by atoms with Gasteiger partial charge in [-0.1, -0.05) is 0 Å². The molecule has 0 heterocycles. The van der Waals surface area contributed by atoms with E-state index in [1.807, 2.05) is 0 Å². The zero-order valence-corrected chi connectivity index (χ0v) is 9.50. The monoisotopic (exact) mass is 246 g/mol. The molecule has 17 heavy (non-hydrogen) atoms. The largest absolute Gasteiger partial charge is 0.450 e. The average Bonchev–Trinajstić information content (AvgIpc) is 2.20. The number of ether oxygens (including phenoxy) is 2. The highest BCUT2D eigenvalue weighted by Crippen LogP contribution is 1.99. The molecule has 0 bridgehead atoms. The molecule has 1 unspecified atom stereocenters. The number of amides is 1. The Morgan fingerprint density at radius 1 is 1.29 bits per heavy atom. The van der Waals surface area contributed by atoms with Crippen LogP contribution in [0.5, 0.6) is 0 Å². The van der Waals surface area contributed by atoms with Gasteiger partial charge in [0.15, 0.2) is 6.10 Å². The molecule has 1 atom stereocenters. The third kappa shape index (κ3) is 7.01. The van der Waals surface area contributed by atoms with Gasteiger partial charge in [0.05, 0.1) is 6.61 Å². The first-order chi connectivity index (χ1) is 7.86. The number of esters is 2.